The fourth-order valence-corrected chi connectivity index (χ4v) is 6.83. The van der Waals surface area contributed by atoms with Gasteiger partial charge in [0.2, 0.25) is 0 Å². The van der Waals surface area contributed by atoms with Gasteiger partial charge in [-0.1, -0.05) is 31.7 Å². The summed E-state index contributed by atoms with van der Waals surface area (Å²) in [5, 5.41) is 11.2. The molecule has 37 heavy (non-hydrogen) atoms. The molecule has 0 radical (unpaired) electrons. The number of piperazine rings is 1. The Kier molecular flexibility index (Phi) is 8.97. The van der Waals surface area contributed by atoms with Crippen molar-refractivity contribution >= 4 is 22.5 Å². The van der Waals surface area contributed by atoms with Crippen molar-refractivity contribution in [2.24, 2.45) is 0 Å². The van der Waals surface area contributed by atoms with Crippen LogP contribution in [0.3, 0.4) is 0 Å². The number of hydrogen-bond acceptors (Lipinski definition) is 7. The lowest BCUT2D eigenvalue weighted by molar-refractivity contribution is 0.0619. The third-order valence-electron chi connectivity index (χ3n) is 8.38. The van der Waals surface area contributed by atoms with E-state index in [1.165, 1.54) is 68.3 Å². The van der Waals surface area contributed by atoms with E-state index in [4.69, 9.17) is 9.72 Å². The Labute approximate surface area is 225 Å². The van der Waals surface area contributed by atoms with Crippen LogP contribution in [0.2, 0.25) is 0 Å². The van der Waals surface area contributed by atoms with Crippen LogP contribution in [0.4, 0.5) is 9.93 Å². The van der Waals surface area contributed by atoms with Gasteiger partial charge in [0.1, 0.15) is 5.75 Å². The molecule has 0 bridgehead atoms. The second kappa shape index (κ2) is 12.6. The number of carbonyl (C=O) groups excluding carboxylic acids is 1. The van der Waals surface area contributed by atoms with Gasteiger partial charge in [0.05, 0.1) is 12.8 Å². The fourth-order valence-electron chi connectivity index (χ4n) is 6.13. The average molecular weight is 527 g/mol. The number of methoxy groups -OCH3 is 1. The monoisotopic (exact) mass is 526 g/mol. The number of amides is 2. The number of anilines is 1. The molecule has 1 aromatic carbocycles. The zero-order valence-corrected chi connectivity index (χ0v) is 23.1. The summed E-state index contributed by atoms with van der Waals surface area (Å²) < 4.78 is 5.65. The molecule has 202 valence electrons. The van der Waals surface area contributed by atoms with Gasteiger partial charge >= 0.3 is 6.03 Å². The SMILES string of the molecule is COc1ccc(C2CCCCC2)cc1-c1csc(NC(=O)NN2CCN(C(C)C3CCCCN3)CC2)n1. The average Bonchev–Trinajstić information content (AvgIpc) is 3.41. The molecule has 2 aromatic rings. The number of nitrogens with one attached hydrogen (secondary N) is 3. The van der Waals surface area contributed by atoms with Gasteiger partial charge in [-0.15, -0.1) is 11.3 Å². The highest BCUT2D eigenvalue weighted by atomic mass is 32.1. The Bertz CT molecular complexity index is 1030. The molecule has 2 aliphatic heterocycles. The zero-order valence-electron chi connectivity index (χ0n) is 22.3. The molecule has 0 spiro atoms. The zero-order chi connectivity index (χ0) is 25.6. The lowest BCUT2D eigenvalue weighted by atomic mass is 9.83. The summed E-state index contributed by atoms with van der Waals surface area (Å²) in [6.07, 6.45) is 10.3. The molecule has 3 aliphatic rings. The van der Waals surface area contributed by atoms with Crippen LogP contribution in [-0.4, -0.2) is 72.8 Å². The number of benzene rings is 1. The van der Waals surface area contributed by atoms with Gasteiger partial charge in [-0.25, -0.2) is 14.8 Å². The smallest absolute Gasteiger partial charge is 0.335 e. The lowest BCUT2D eigenvalue weighted by Gasteiger charge is -2.41. The molecule has 3 N–H and O–H groups in total. The van der Waals surface area contributed by atoms with Crippen LogP contribution in [-0.2, 0) is 0 Å². The number of nitrogens with zero attached hydrogens (tertiary/aromatic N) is 3. The summed E-state index contributed by atoms with van der Waals surface area (Å²) in [6, 6.07) is 7.36. The normalized spacial score (nSPS) is 22.9. The number of ether oxygens (including phenoxy) is 1. The number of carbonyl (C=O) groups is 1. The first-order valence-corrected chi connectivity index (χ1v) is 14.9. The van der Waals surface area contributed by atoms with Crippen LogP contribution in [0, 0.1) is 0 Å². The van der Waals surface area contributed by atoms with Crippen molar-refractivity contribution in [2.45, 2.75) is 76.3 Å². The van der Waals surface area contributed by atoms with Crippen molar-refractivity contribution in [2.75, 3.05) is 45.2 Å². The number of urea groups is 1. The topological polar surface area (TPSA) is 81.8 Å². The Morgan fingerprint density at radius 1 is 1.11 bits per heavy atom. The fraction of sp³-hybridized carbons (Fsp3) is 0.643. The molecule has 2 atom stereocenters. The number of rotatable bonds is 7. The van der Waals surface area contributed by atoms with E-state index in [0.717, 1.165) is 49.7 Å². The van der Waals surface area contributed by atoms with Crippen LogP contribution in [0.25, 0.3) is 11.3 Å². The van der Waals surface area contributed by atoms with Crippen molar-refractivity contribution in [3.63, 3.8) is 0 Å². The van der Waals surface area contributed by atoms with Crippen molar-refractivity contribution in [3.8, 4) is 17.0 Å². The van der Waals surface area contributed by atoms with Gasteiger partial charge in [-0.05, 0) is 62.8 Å². The lowest BCUT2D eigenvalue weighted by Crippen LogP contribution is -2.59. The van der Waals surface area contributed by atoms with E-state index >= 15 is 0 Å². The van der Waals surface area contributed by atoms with Crippen molar-refractivity contribution in [1.82, 2.24) is 25.6 Å². The van der Waals surface area contributed by atoms with Crippen molar-refractivity contribution in [3.05, 3.63) is 29.1 Å². The minimum atomic E-state index is -0.237. The minimum Gasteiger partial charge on any atom is -0.496 e. The molecule has 2 saturated heterocycles. The number of aromatic nitrogens is 1. The number of hydrazine groups is 1. The maximum Gasteiger partial charge on any atom is 0.335 e. The quantitative estimate of drug-likeness (QED) is 0.468. The third kappa shape index (κ3) is 6.63. The van der Waals surface area contributed by atoms with Crippen molar-refractivity contribution in [1.29, 1.82) is 0 Å². The molecule has 1 aliphatic carbocycles. The van der Waals surface area contributed by atoms with Crippen LogP contribution in [0.15, 0.2) is 23.6 Å². The van der Waals surface area contributed by atoms with E-state index in [0.29, 0.717) is 23.1 Å². The minimum absolute atomic E-state index is 0.237. The van der Waals surface area contributed by atoms with E-state index in [1.54, 1.807) is 7.11 Å². The molecule has 2 amide bonds. The number of thiazole rings is 1. The summed E-state index contributed by atoms with van der Waals surface area (Å²) in [6.45, 7) is 7.01. The molecule has 1 saturated carbocycles. The third-order valence-corrected chi connectivity index (χ3v) is 9.14. The Morgan fingerprint density at radius 3 is 2.62 bits per heavy atom. The van der Waals surface area contributed by atoms with E-state index in [1.807, 2.05) is 10.4 Å². The van der Waals surface area contributed by atoms with Gasteiger partial charge in [0.25, 0.3) is 0 Å². The highest BCUT2D eigenvalue weighted by Gasteiger charge is 2.28. The summed E-state index contributed by atoms with van der Waals surface area (Å²) in [7, 11) is 1.70. The van der Waals surface area contributed by atoms with E-state index < -0.39 is 0 Å². The van der Waals surface area contributed by atoms with Gasteiger partial charge in [0.15, 0.2) is 5.13 Å². The van der Waals surface area contributed by atoms with E-state index in [-0.39, 0.29) is 6.03 Å². The molecule has 2 unspecified atom stereocenters. The van der Waals surface area contributed by atoms with E-state index in [2.05, 4.69) is 46.1 Å². The first-order chi connectivity index (χ1) is 18.1. The number of piperidine rings is 1. The van der Waals surface area contributed by atoms with Crippen LogP contribution < -0.4 is 20.8 Å². The first kappa shape index (κ1) is 26.4. The molecular weight excluding hydrogens is 484 g/mol. The highest BCUT2D eigenvalue weighted by Crippen LogP contribution is 2.38. The van der Waals surface area contributed by atoms with E-state index in [9.17, 15) is 4.79 Å². The second-order valence-corrected chi connectivity index (χ2v) is 11.6. The second-order valence-electron chi connectivity index (χ2n) is 10.7. The Hall–Kier alpha value is -2.20. The summed E-state index contributed by atoms with van der Waals surface area (Å²) in [5.41, 5.74) is 6.21. The van der Waals surface area contributed by atoms with Crippen LogP contribution in [0.5, 0.6) is 5.75 Å². The van der Waals surface area contributed by atoms with Gasteiger partial charge in [-0.3, -0.25) is 15.6 Å². The maximum atomic E-state index is 12.7. The molecule has 1 aromatic heterocycles. The highest BCUT2D eigenvalue weighted by molar-refractivity contribution is 7.14. The predicted molar refractivity (Wildman–Crippen MR) is 150 cm³/mol. The standard InChI is InChI=1S/C28H42N6O2S/c1-20(24-10-6-7-13-29-24)33-14-16-34(17-15-33)32-27(35)31-28-30-25(19-37-28)23-18-22(11-12-26(23)36-2)21-8-4-3-5-9-21/h11-12,18-21,24,29H,3-10,13-17H2,1-2H3,(H2,30,31,32,35). The van der Waals surface area contributed by atoms with Crippen LogP contribution in [0.1, 0.15) is 69.8 Å². The Morgan fingerprint density at radius 2 is 1.89 bits per heavy atom. The molecular formula is C28H42N6O2S. The van der Waals surface area contributed by atoms with Gasteiger partial charge in [0, 0.05) is 49.2 Å². The predicted octanol–water partition coefficient (Wildman–Crippen LogP) is 5.05. The molecule has 3 fully saturated rings. The van der Waals surface area contributed by atoms with Crippen molar-refractivity contribution < 1.29 is 9.53 Å². The van der Waals surface area contributed by atoms with Gasteiger partial charge in [-0.2, -0.15) is 0 Å². The number of hydrogen-bond donors (Lipinski definition) is 3. The first-order valence-electron chi connectivity index (χ1n) is 14.0. The van der Waals surface area contributed by atoms with Gasteiger partial charge < -0.3 is 10.1 Å². The maximum absolute atomic E-state index is 12.7. The largest absolute Gasteiger partial charge is 0.496 e. The Balaban J connectivity index is 1.14. The summed E-state index contributed by atoms with van der Waals surface area (Å²) in [5.74, 6) is 1.43. The molecule has 5 rings (SSSR count). The molecule has 3 heterocycles. The van der Waals surface area contributed by atoms with Crippen LogP contribution >= 0.6 is 11.3 Å². The molecule has 9 heteroatoms. The summed E-state index contributed by atoms with van der Waals surface area (Å²) in [4.78, 5) is 20.0. The summed E-state index contributed by atoms with van der Waals surface area (Å²) >= 11 is 1.44. The molecule has 8 nitrogen and oxygen atoms in total.